The van der Waals surface area contributed by atoms with Crippen LogP contribution in [0.25, 0.3) is 0 Å². The van der Waals surface area contributed by atoms with Gasteiger partial charge >= 0.3 is 5.69 Å². The maximum absolute atomic E-state index is 12.1. The van der Waals surface area contributed by atoms with Crippen molar-refractivity contribution < 1.29 is 4.79 Å². The summed E-state index contributed by atoms with van der Waals surface area (Å²) in [5, 5.41) is 0. The average Bonchev–Trinajstić information content (AvgIpc) is 2.71. The number of nitrogens with zero attached hydrogens (tertiary/aromatic N) is 1. The summed E-state index contributed by atoms with van der Waals surface area (Å²) in [4.78, 5) is 26.4. The number of carbonyl (C=O) groups excluding carboxylic acids is 1. The molecule has 1 N–H and O–H groups in total. The Balaban J connectivity index is 2.19. The molecule has 0 aliphatic heterocycles. The molecule has 4 heteroatoms. The molecule has 0 spiro atoms. The van der Waals surface area contributed by atoms with Crippen molar-refractivity contribution in [3.63, 3.8) is 0 Å². The second-order valence-electron chi connectivity index (χ2n) is 4.48. The number of rotatable bonds is 2. The molecule has 4 nitrogen and oxygen atoms in total. The van der Waals surface area contributed by atoms with E-state index in [1.54, 1.807) is 6.20 Å². The van der Waals surface area contributed by atoms with E-state index in [1.165, 1.54) is 11.0 Å². The van der Waals surface area contributed by atoms with Gasteiger partial charge in [0.2, 0.25) is 5.91 Å². The van der Waals surface area contributed by atoms with Crippen molar-refractivity contribution in [2.45, 2.75) is 45.4 Å². The molecule has 0 bridgehead atoms. The van der Waals surface area contributed by atoms with Crippen LogP contribution >= 0.6 is 0 Å². The molecule has 88 valence electrons. The van der Waals surface area contributed by atoms with E-state index < -0.39 is 0 Å². The molecule has 1 heterocycles. The molecule has 0 amide bonds. The van der Waals surface area contributed by atoms with Crippen molar-refractivity contribution in [3.8, 4) is 0 Å². The Morgan fingerprint density at radius 3 is 2.69 bits per heavy atom. The minimum absolute atomic E-state index is 0.0272. The van der Waals surface area contributed by atoms with Crippen LogP contribution in [-0.4, -0.2) is 15.5 Å². The summed E-state index contributed by atoms with van der Waals surface area (Å²) >= 11 is 0. The quantitative estimate of drug-likeness (QED) is 0.831. The SMILES string of the molecule is CCc1cn(C(=O)C2CCCCC2)c(=O)[nH]1. The first-order valence-electron chi connectivity index (χ1n) is 6.07. The molecule has 1 saturated carbocycles. The summed E-state index contributed by atoms with van der Waals surface area (Å²) in [7, 11) is 0. The average molecular weight is 222 g/mol. The number of nitrogens with one attached hydrogen (secondary N) is 1. The minimum Gasteiger partial charge on any atom is -0.309 e. The van der Waals surface area contributed by atoms with Crippen LogP contribution in [0.15, 0.2) is 11.0 Å². The number of imidazole rings is 1. The zero-order valence-corrected chi connectivity index (χ0v) is 9.66. The van der Waals surface area contributed by atoms with Crippen LogP contribution in [0.5, 0.6) is 0 Å². The van der Waals surface area contributed by atoms with Gasteiger partial charge in [-0.1, -0.05) is 26.2 Å². The van der Waals surface area contributed by atoms with Crippen LogP contribution in [-0.2, 0) is 6.42 Å². The van der Waals surface area contributed by atoms with E-state index in [1.807, 2.05) is 6.92 Å². The van der Waals surface area contributed by atoms with E-state index >= 15 is 0 Å². The van der Waals surface area contributed by atoms with E-state index in [4.69, 9.17) is 0 Å². The van der Waals surface area contributed by atoms with Crippen molar-refractivity contribution in [1.29, 1.82) is 0 Å². The summed E-state index contributed by atoms with van der Waals surface area (Å²) < 4.78 is 1.26. The van der Waals surface area contributed by atoms with Gasteiger partial charge in [0.1, 0.15) is 0 Å². The van der Waals surface area contributed by atoms with Crippen LogP contribution in [0.4, 0.5) is 0 Å². The number of aryl methyl sites for hydroxylation is 1. The standard InChI is InChI=1S/C12H18N2O2/c1-2-10-8-14(12(16)13-10)11(15)9-6-4-3-5-7-9/h8-9H,2-7H2,1H3,(H,13,16). The maximum atomic E-state index is 12.1. The molecule has 0 radical (unpaired) electrons. The van der Waals surface area contributed by atoms with Crippen molar-refractivity contribution in [2.24, 2.45) is 5.92 Å². The highest BCUT2D eigenvalue weighted by atomic mass is 16.2. The van der Waals surface area contributed by atoms with Crippen LogP contribution in [0, 0.1) is 5.92 Å². The van der Waals surface area contributed by atoms with Gasteiger partial charge in [0.15, 0.2) is 0 Å². The maximum Gasteiger partial charge on any atom is 0.332 e. The first-order chi connectivity index (χ1) is 7.72. The van der Waals surface area contributed by atoms with Gasteiger partial charge in [0.25, 0.3) is 0 Å². The van der Waals surface area contributed by atoms with Crippen LogP contribution in [0.1, 0.15) is 49.5 Å². The Labute approximate surface area is 94.7 Å². The highest BCUT2D eigenvalue weighted by Gasteiger charge is 2.23. The van der Waals surface area contributed by atoms with E-state index in [0.717, 1.165) is 37.8 Å². The Morgan fingerprint density at radius 2 is 2.12 bits per heavy atom. The van der Waals surface area contributed by atoms with Crippen LogP contribution in [0.2, 0.25) is 0 Å². The van der Waals surface area contributed by atoms with Crippen molar-refractivity contribution in [2.75, 3.05) is 0 Å². The van der Waals surface area contributed by atoms with Gasteiger partial charge in [-0.2, -0.15) is 0 Å². The van der Waals surface area contributed by atoms with E-state index in [9.17, 15) is 9.59 Å². The fraction of sp³-hybridized carbons (Fsp3) is 0.667. The molecule has 1 aromatic rings. The summed E-state index contributed by atoms with van der Waals surface area (Å²) in [6, 6.07) is 0. The summed E-state index contributed by atoms with van der Waals surface area (Å²) in [6.45, 7) is 1.96. The molecule has 0 aromatic carbocycles. The molecule has 16 heavy (non-hydrogen) atoms. The number of H-pyrrole nitrogens is 1. The fourth-order valence-electron chi connectivity index (χ4n) is 2.33. The van der Waals surface area contributed by atoms with Crippen LogP contribution < -0.4 is 5.69 Å². The molecule has 0 saturated heterocycles. The normalized spacial score (nSPS) is 17.6. The predicted octanol–water partition coefficient (Wildman–Crippen LogP) is 1.96. The van der Waals surface area contributed by atoms with Crippen molar-refractivity contribution in [3.05, 3.63) is 22.4 Å². The Hall–Kier alpha value is -1.32. The van der Waals surface area contributed by atoms with Gasteiger partial charge in [0.05, 0.1) is 0 Å². The fourth-order valence-corrected chi connectivity index (χ4v) is 2.33. The predicted molar refractivity (Wildman–Crippen MR) is 61.6 cm³/mol. The molecule has 1 fully saturated rings. The molecule has 1 aromatic heterocycles. The minimum atomic E-state index is -0.285. The topological polar surface area (TPSA) is 54.9 Å². The molecular formula is C12H18N2O2. The largest absolute Gasteiger partial charge is 0.332 e. The summed E-state index contributed by atoms with van der Waals surface area (Å²) in [5.41, 5.74) is 0.543. The second-order valence-corrected chi connectivity index (χ2v) is 4.48. The van der Waals surface area contributed by atoms with Gasteiger partial charge in [-0.05, 0) is 19.3 Å². The summed E-state index contributed by atoms with van der Waals surface area (Å²) in [5.74, 6) is 0.0209. The number of aromatic nitrogens is 2. The molecule has 2 rings (SSSR count). The molecule has 0 unspecified atom stereocenters. The Bertz CT molecular complexity index is 424. The zero-order valence-electron chi connectivity index (χ0n) is 9.66. The highest BCUT2D eigenvalue weighted by Crippen LogP contribution is 2.24. The smallest absolute Gasteiger partial charge is 0.309 e. The highest BCUT2D eigenvalue weighted by molar-refractivity contribution is 5.81. The first-order valence-corrected chi connectivity index (χ1v) is 6.07. The third-order valence-corrected chi connectivity index (χ3v) is 3.34. The van der Waals surface area contributed by atoms with E-state index in [0.29, 0.717) is 0 Å². The van der Waals surface area contributed by atoms with Gasteiger partial charge in [-0.3, -0.25) is 4.79 Å². The lowest BCUT2D eigenvalue weighted by Gasteiger charge is -2.19. The van der Waals surface area contributed by atoms with Crippen LogP contribution in [0.3, 0.4) is 0 Å². The Morgan fingerprint density at radius 1 is 1.44 bits per heavy atom. The molecule has 0 atom stereocenters. The zero-order chi connectivity index (χ0) is 11.5. The number of hydrogen-bond acceptors (Lipinski definition) is 2. The summed E-state index contributed by atoms with van der Waals surface area (Å²) in [6.07, 6.45) is 7.69. The van der Waals surface area contributed by atoms with Gasteiger partial charge < -0.3 is 4.98 Å². The number of carbonyl (C=O) groups is 1. The lowest BCUT2D eigenvalue weighted by atomic mass is 9.88. The molecule has 1 aliphatic carbocycles. The third-order valence-electron chi connectivity index (χ3n) is 3.34. The molecular weight excluding hydrogens is 204 g/mol. The van der Waals surface area contributed by atoms with Gasteiger partial charge in [0, 0.05) is 17.8 Å². The van der Waals surface area contributed by atoms with Crippen molar-refractivity contribution in [1.82, 2.24) is 9.55 Å². The van der Waals surface area contributed by atoms with Crippen molar-refractivity contribution >= 4 is 5.91 Å². The monoisotopic (exact) mass is 222 g/mol. The van der Waals surface area contributed by atoms with Gasteiger partial charge in [-0.15, -0.1) is 0 Å². The lowest BCUT2D eigenvalue weighted by Crippen LogP contribution is -2.30. The third kappa shape index (κ3) is 2.10. The van der Waals surface area contributed by atoms with Gasteiger partial charge in [-0.25, -0.2) is 9.36 Å². The molecule has 1 aliphatic rings. The van der Waals surface area contributed by atoms with E-state index in [-0.39, 0.29) is 17.5 Å². The number of aromatic amines is 1. The van der Waals surface area contributed by atoms with E-state index in [2.05, 4.69) is 4.98 Å². The number of hydrogen-bond donors (Lipinski definition) is 1. The first kappa shape index (κ1) is 11.2. The second kappa shape index (κ2) is 4.68. The lowest BCUT2D eigenvalue weighted by molar-refractivity contribution is 0.0797. The Kier molecular flexibility index (Phi) is 3.27.